The Morgan fingerprint density at radius 1 is 1.20 bits per heavy atom. The van der Waals surface area contributed by atoms with E-state index in [-0.39, 0.29) is 5.91 Å². The Balaban J connectivity index is 1.78. The van der Waals surface area contributed by atoms with Crippen molar-refractivity contribution in [1.82, 2.24) is 5.32 Å². The molecule has 1 amide bonds. The Morgan fingerprint density at radius 3 is 2.65 bits per heavy atom. The summed E-state index contributed by atoms with van der Waals surface area (Å²) < 4.78 is 0. The number of amides is 1. The molecule has 4 heteroatoms. The van der Waals surface area contributed by atoms with Gasteiger partial charge < -0.3 is 10.6 Å². The fraction of sp³-hybridized carbons (Fsp3) is 0.562. The van der Waals surface area contributed by atoms with Crippen molar-refractivity contribution in [2.45, 2.75) is 45.1 Å². The van der Waals surface area contributed by atoms with E-state index >= 15 is 0 Å². The maximum Gasteiger partial charge on any atom is 0.238 e. The van der Waals surface area contributed by atoms with Crippen LogP contribution in [0, 0.1) is 5.92 Å². The fourth-order valence-electron chi connectivity index (χ4n) is 2.76. The van der Waals surface area contributed by atoms with Crippen LogP contribution in [0.3, 0.4) is 0 Å². The van der Waals surface area contributed by atoms with Crippen molar-refractivity contribution in [2.75, 3.05) is 11.9 Å². The molecule has 1 aromatic rings. The summed E-state index contributed by atoms with van der Waals surface area (Å²) in [6.07, 6.45) is 6.34. The van der Waals surface area contributed by atoms with Gasteiger partial charge in [-0.15, -0.1) is 0 Å². The molecule has 0 aliphatic heterocycles. The molecule has 1 fully saturated rings. The van der Waals surface area contributed by atoms with Crippen LogP contribution in [0.4, 0.5) is 5.69 Å². The van der Waals surface area contributed by atoms with E-state index in [1.54, 1.807) is 12.1 Å². The second kappa shape index (κ2) is 7.65. The molecule has 0 aromatic heterocycles. The van der Waals surface area contributed by atoms with Gasteiger partial charge in [-0.2, -0.15) is 0 Å². The maximum atomic E-state index is 11.9. The molecule has 0 radical (unpaired) electrons. The lowest BCUT2D eigenvalue weighted by Crippen LogP contribution is -2.39. The van der Waals surface area contributed by atoms with E-state index in [1.165, 1.54) is 32.1 Å². The first-order valence-electron chi connectivity index (χ1n) is 7.44. The standard InChI is InChI=1S/C16H23ClN2O/c1-12-5-3-2-4-6-15(12)18-11-16(20)19-14-9-7-13(17)8-10-14/h7-10,12,15,18H,2-6,11H2,1H3,(H,19,20). The van der Waals surface area contributed by atoms with Crippen LogP contribution in [0.25, 0.3) is 0 Å². The van der Waals surface area contributed by atoms with Gasteiger partial charge in [0.2, 0.25) is 5.91 Å². The quantitative estimate of drug-likeness (QED) is 0.829. The van der Waals surface area contributed by atoms with Crippen LogP contribution in [0.2, 0.25) is 5.02 Å². The minimum atomic E-state index is 0.00349. The number of nitrogens with one attached hydrogen (secondary N) is 2. The first-order chi connectivity index (χ1) is 9.65. The van der Waals surface area contributed by atoms with Crippen molar-refractivity contribution in [3.05, 3.63) is 29.3 Å². The van der Waals surface area contributed by atoms with E-state index in [4.69, 9.17) is 11.6 Å². The maximum absolute atomic E-state index is 11.9. The summed E-state index contributed by atoms with van der Waals surface area (Å²) >= 11 is 5.82. The summed E-state index contributed by atoms with van der Waals surface area (Å²) in [5, 5.41) is 6.96. The first kappa shape index (κ1) is 15.3. The molecule has 0 spiro atoms. The average molecular weight is 295 g/mol. The van der Waals surface area contributed by atoms with Crippen molar-refractivity contribution < 1.29 is 4.79 Å². The Hall–Kier alpha value is -1.06. The van der Waals surface area contributed by atoms with Gasteiger partial charge >= 0.3 is 0 Å². The molecule has 110 valence electrons. The fourth-order valence-corrected chi connectivity index (χ4v) is 2.88. The summed E-state index contributed by atoms with van der Waals surface area (Å²) in [7, 11) is 0. The zero-order valence-corrected chi connectivity index (χ0v) is 12.7. The van der Waals surface area contributed by atoms with Crippen LogP contribution in [-0.2, 0) is 4.79 Å². The molecule has 2 unspecified atom stereocenters. The number of benzene rings is 1. The van der Waals surface area contributed by atoms with Gasteiger partial charge in [0.25, 0.3) is 0 Å². The van der Waals surface area contributed by atoms with Crippen LogP contribution in [0.1, 0.15) is 39.0 Å². The van der Waals surface area contributed by atoms with Crippen LogP contribution in [0.15, 0.2) is 24.3 Å². The summed E-state index contributed by atoms with van der Waals surface area (Å²) in [5.41, 5.74) is 0.787. The van der Waals surface area contributed by atoms with Gasteiger partial charge in [-0.3, -0.25) is 4.79 Å². The Bertz CT molecular complexity index is 433. The molecule has 1 aliphatic rings. The predicted molar refractivity (Wildman–Crippen MR) is 84.1 cm³/mol. The Labute approximate surface area is 126 Å². The van der Waals surface area contributed by atoms with Crippen molar-refractivity contribution in [3.8, 4) is 0 Å². The summed E-state index contributed by atoms with van der Waals surface area (Å²) in [4.78, 5) is 11.9. The lowest BCUT2D eigenvalue weighted by molar-refractivity contribution is -0.115. The number of halogens is 1. The third-order valence-electron chi connectivity index (χ3n) is 4.01. The molecular weight excluding hydrogens is 272 g/mol. The minimum Gasteiger partial charge on any atom is -0.325 e. The highest BCUT2D eigenvalue weighted by Gasteiger charge is 2.19. The van der Waals surface area contributed by atoms with E-state index < -0.39 is 0 Å². The van der Waals surface area contributed by atoms with Gasteiger partial charge in [-0.05, 0) is 43.0 Å². The molecule has 1 aromatic carbocycles. The Morgan fingerprint density at radius 2 is 1.90 bits per heavy atom. The zero-order chi connectivity index (χ0) is 14.4. The molecule has 2 rings (SSSR count). The van der Waals surface area contributed by atoms with Gasteiger partial charge in [-0.25, -0.2) is 0 Å². The first-order valence-corrected chi connectivity index (χ1v) is 7.82. The molecule has 0 heterocycles. The molecule has 0 saturated heterocycles. The molecule has 1 aliphatic carbocycles. The van der Waals surface area contributed by atoms with E-state index in [2.05, 4.69) is 17.6 Å². The summed E-state index contributed by atoms with van der Waals surface area (Å²) in [5.74, 6) is 0.657. The monoisotopic (exact) mass is 294 g/mol. The van der Waals surface area contributed by atoms with Crippen molar-refractivity contribution in [2.24, 2.45) is 5.92 Å². The third-order valence-corrected chi connectivity index (χ3v) is 4.27. The van der Waals surface area contributed by atoms with Crippen molar-refractivity contribution in [1.29, 1.82) is 0 Å². The van der Waals surface area contributed by atoms with E-state index in [1.807, 2.05) is 12.1 Å². The lowest BCUT2D eigenvalue weighted by atomic mass is 9.97. The Kier molecular flexibility index (Phi) is 5.86. The van der Waals surface area contributed by atoms with Crippen LogP contribution < -0.4 is 10.6 Å². The lowest BCUT2D eigenvalue weighted by Gasteiger charge is -2.22. The summed E-state index contributed by atoms with van der Waals surface area (Å²) in [6.45, 7) is 2.65. The SMILES string of the molecule is CC1CCCCCC1NCC(=O)Nc1ccc(Cl)cc1. The minimum absolute atomic E-state index is 0.00349. The van der Waals surface area contributed by atoms with Gasteiger partial charge in [0.15, 0.2) is 0 Å². The molecule has 3 nitrogen and oxygen atoms in total. The average Bonchev–Trinajstić information content (AvgIpc) is 2.64. The smallest absolute Gasteiger partial charge is 0.238 e. The van der Waals surface area contributed by atoms with E-state index in [9.17, 15) is 4.79 Å². The second-order valence-corrected chi connectivity index (χ2v) is 6.09. The largest absolute Gasteiger partial charge is 0.325 e. The highest BCUT2D eigenvalue weighted by atomic mass is 35.5. The number of carbonyl (C=O) groups is 1. The number of rotatable bonds is 4. The van der Waals surface area contributed by atoms with Gasteiger partial charge in [-0.1, -0.05) is 37.8 Å². The van der Waals surface area contributed by atoms with Crippen LogP contribution in [-0.4, -0.2) is 18.5 Å². The van der Waals surface area contributed by atoms with E-state index in [0.29, 0.717) is 23.5 Å². The van der Waals surface area contributed by atoms with Gasteiger partial charge in [0.1, 0.15) is 0 Å². The molecule has 20 heavy (non-hydrogen) atoms. The topological polar surface area (TPSA) is 41.1 Å². The molecule has 2 N–H and O–H groups in total. The van der Waals surface area contributed by atoms with Crippen LogP contribution >= 0.6 is 11.6 Å². The molecular formula is C16H23ClN2O. The normalized spacial score (nSPS) is 23.1. The molecule has 2 atom stereocenters. The molecule has 1 saturated carbocycles. The van der Waals surface area contributed by atoms with E-state index in [0.717, 1.165) is 5.69 Å². The number of hydrogen-bond donors (Lipinski definition) is 2. The number of carbonyl (C=O) groups excluding carboxylic acids is 1. The second-order valence-electron chi connectivity index (χ2n) is 5.66. The number of anilines is 1. The van der Waals surface area contributed by atoms with Crippen molar-refractivity contribution in [3.63, 3.8) is 0 Å². The third kappa shape index (κ3) is 4.80. The summed E-state index contributed by atoms with van der Waals surface area (Å²) in [6, 6.07) is 7.65. The highest BCUT2D eigenvalue weighted by Crippen LogP contribution is 2.22. The van der Waals surface area contributed by atoms with Crippen molar-refractivity contribution >= 4 is 23.2 Å². The zero-order valence-electron chi connectivity index (χ0n) is 12.0. The van der Waals surface area contributed by atoms with Gasteiger partial charge in [0, 0.05) is 16.8 Å². The highest BCUT2D eigenvalue weighted by molar-refractivity contribution is 6.30. The predicted octanol–water partition coefficient (Wildman–Crippen LogP) is 3.84. The number of hydrogen-bond acceptors (Lipinski definition) is 2. The van der Waals surface area contributed by atoms with Crippen LogP contribution in [0.5, 0.6) is 0 Å². The molecule has 0 bridgehead atoms. The van der Waals surface area contributed by atoms with Gasteiger partial charge in [0.05, 0.1) is 6.54 Å².